The number of amides is 1. The second kappa shape index (κ2) is 8.69. The molecule has 0 saturated carbocycles. The van der Waals surface area contributed by atoms with Crippen LogP contribution in [0, 0.1) is 0 Å². The molecule has 0 saturated heterocycles. The van der Waals surface area contributed by atoms with Gasteiger partial charge in [-0.3, -0.25) is 4.79 Å². The second-order valence-electron chi connectivity index (χ2n) is 4.73. The average molecular weight is 252 g/mol. The van der Waals surface area contributed by atoms with E-state index in [2.05, 4.69) is 10.3 Å². The molecule has 0 aliphatic carbocycles. The van der Waals surface area contributed by atoms with Crippen LogP contribution in [0.3, 0.4) is 0 Å². The number of carbonyl (C=O) groups excluding carboxylic acids is 1. The third-order valence-electron chi connectivity index (χ3n) is 2.79. The lowest BCUT2D eigenvalue weighted by Crippen LogP contribution is -2.25. The van der Waals surface area contributed by atoms with Crippen molar-refractivity contribution in [2.75, 3.05) is 6.54 Å². The van der Waals surface area contributed by atoms with Crippen LogP contribution in [-0.4, -0.2) is 28.0 Å². The molecule has 1 unspecified atom stereocenters. The van der Waals surface area contributed by atoms with E-state index in [0.29, 0.717) is 6.42 Å². The molecule has 5 heteroatoms. The second-order valence-corrected chi connectivity index (χ2v) is 4.73. The molecule has 18 heavy (non-hydrogen) atoms. The molecule has 0 radical (unpaired) electrons. The minimum Gasteiger partial charge on any atom is -0.356 e. The van der Waals surface area contributed by atoms with Gasteiger partial charge in [0.15, 0.2) is 0 Å². The molecule has 3 N–H and O–H groups in total. The Kier molecular flexibility index (Phi) is 7.10. The Morgan fingerprint density at radius 2 is 2.28 bits per heavy atom. The first kappa shape index (κ1) is 14.7. The molecule has 0 aliphatic rings. The van der Waals surface area contributed by atoms with Crippen LogP contribution in [0.4, 0.5) is 0 Å². The summed E-state index contributed by atoms with van der Waals surface area (Å²) in [6.45, 7) is 3.68. The normalized spacial score (nSPS) is 12.3. The zero-order valence-corrected chi connectivity index (χ0v) is 11.1. The summed E-state index contributed by atoms with van der Waals surface area (Å²) in [6.07, 6.45) is 9.96. The predicted octanol–water partition coefficient (Wildman–Crippen LogP) is 1.30. The Labute approximate surface area is 109 Å². The van der Waals surface area contributed by atoms with Crippen molar-refractivity contribution in [2.24, 2.45) is 5.73 Å². The minimum absolute atomic E-state index is 0.137. The topological polar surface area (TPSA) is 72.9 Å². The van der Waals surface area contributed by atoms with E-state index in [9.17, 15) is 4.79 Å². The summed E-state index contributed by atoms with van der Waals surface area (Å²) in [6, 6.07) is 0.188. The largest absolute Gasteiger partial charge is 0.356 e. The van der Waals surface area contributed by atoms with Gasteiger partial charge in [0.05, 0.1) is 6.33 Å². The van der Waals surface area contributed by atoms with Gasteiger partial charge in [-0.05, 0) is 32.6 Å². The number of hydrogen-bond donors (Lipinski definition) is 2. The van der Waals surface area contributed by atoms with Crippen molar-refractivity contribution in [3.8, 4) is 0 Å². The van der Waals surface area contributed by atoms with E-state index in [4.69, 9.17) is 5.73 Å². The standard InChI is InChI=1S/C13H24N4O/c1-12(14)5-4-6-13(18)16-7-2-3-9-17-10-8-15-11-17/h8,10-12H,2-7,9,14H2,1H3,(H,16,18). The fourth-order valence-corrected chi connectivity index (χ4v) is 1.74. The highest BCUT2D eigenvalue weighted by atomic mass is 16.1. The lowest BCUT2D eigenvalue weighted by Gasteiger charge is -2.07. The van der Waals surface area contributed by atoms with Gasteiger partial charge in [-0.2, -0.15) is 0 Å². The molecule has 1 aromatic rings. The number of rotatable bonds is 9. The van der Waals surface area contributed by atoms with Gasteiger partial charge in [-0.1, -0.05) is 0 Å². The van der Waals surface area contributed by atoms with E-state index in [1.54, 1.807) is 6.20 Å². The average Bonchev–Trinajstić information content (AvgIpc) is 2.81. The van der Waals surface area contributed by atoms with Gasteiger partial charge in [0, 0.05) is 37.9 Å². The highest BCUT2D eigenvalue weighted by Gasteiger charge is 2.01. The maximum absolute atomic E-state index is 11.4. The third-order valence-corrected chi connectivity index (χ3v) is 2.79. The van der Waals surface area contributed by atoms with Crippen LogP contribution in [0.5, 0.6) is 0 Å². The Morgan fingerprint density at radius 1 is 1.44 bits per heavy atom. The Morgan fingerprint density at radius 3 is 2.94 bits per heavy atom. The molecule has 1 heterocycles. The van der Waals surface area contributed by atoms with Crippen molar-refractivity contribution in [1.82, 2.24) is 14.9 Å². The van der Waals surface area contributed by atoms with Gasteiger partial charge in [-0.15, -0.1) is 0 Å². The molecular formula is C13H24N4O. The number of hydrogen-bond acceptors (Lipinski definition) is 3. The van der Waals surface area contributed by atoms with E-state index in [1.165, 1.54) is 0 Å². The molecule has 1 rings (SSSR count). The molecule has 0 bridgehead atoms. The van der Waals surface area contributed by atoms with Crippen LogP contribution in [0.2, 0.25) is 0 Å². The summed E-state index contributed by atoms with van der Waals surface area (Å²) in [4.78, 5) is 15.4. The third kappa shape index (κ3) is 7.06. The fourth-order valence-electron chi connectivity index (χ4n) is 1.74. The van der Waals surface area contributed by atoms with Gasteiger partial charge in [0.1, 0.15) is 0 Å². The predicted molar refractivity (Wildman–Crippen MR) is 72.0 cm³/mol. The monoisotopic (exact) mass is 252 g/mol. The summed E-state index contributed by atoms with van der Waals surface area (Å²) in [7, 11) is 0. The van der Waals surface area contributed by atoms with Crippen LogP contribution in [0.1, 0.15) is 39.0 Å². The zero-order chi connectivity index (χ0) is 13.2. The Balaban J connectivity index is 1.92. The van der Waals surface area contributed by atoms with Crippen molar-refractivity contribution in [2.45, 2.75) is 51.6 Å². The molecule has 0 spiro atoms. The molecule has 1 amide bonds. The van der Waals surface area contributed by atoms with Gasteiger partial charge in [-0.25, -0.2) is 4.98 Å². The van der Waals surface area contributed by atoms with Crippen LogP contribution in [-0.2, 0) is 11.3 Å². The quantitative estimate of drug-likeness (QED) is 0.651. The molecule has 0 aromatic carbocycles. The number of aromatic nitrogens is 2. The van der Waals surface area contributed by atoms with E-state index in [0.717, 1.165) is 38.8 Å². The van der Waals surface area contributed by atoms with Crippen LogP contribution in [0.15, 0.2) is 18.7 Å². The summed E-state index contributed by atoms with van der Waals surface area (Å²) >= 11 is 0. The van der Waals surface area contributed by atoms with E-state index in [-0.39, 0.29) is 11.9 Å². The number of unbranched alkanes of at least 4 members (excludes halogenated alkanes) is 1. The minimum atomic E-state index is 0.137. The van der Waals surface area contributed by atoms with Gasteiger partial charge in [0.2, 0.25) is 5.91 Å². The smallest absolute Gasteiger partial charge is 0.219 e. The molecule has 102 valence electrons. The fraction of sp³-hybridized carbons (Fsp3) is 0.692. The summed E-state index contributed by atoms with van der Waals surface area (Å²) in [5.74, 6) is 0.137. The van der Waals surface area contributed by atoms with Gasteiger partial charge < -0.3 is 15.6 Å². The molecule has 5 nitrogen and oxygen atoms in total. The number of nitrogens with zero attached hydrogens (tertiary/aromatic N) is 2. The highest BCUT2D eigenvalue weighted by Crippen LogP contribution is 1.98. The molecule has 1 aromatic heterocycles. The number of imidazole rings is 1. The van der Waals surface area contributed by atoms with E-state index >= 15 is 0 Å². The summed E-state index contributed by atoms with van der Waals surface area (Å²) in [5, 5.41) is 2.93. The van der Waals surface area contributed by atoms with Gasteiger partial charge in [0.25, 0.3) is 0 Å². The highest BCUT2D eigenvalue weighted by molar-refractivity contribution is 5.75. The van der Waals surface area contributed by atoms with Crippen LogP contribution >= 0.6 is 0 Å². The number of nitrogens with one attached hydrogen (secondary N) is 1. The lowest BCUT2D eigenvalue weighted by molar-refractivity contribution is -0.121. The Bertz CT molecular complexity index is 322. The summed E-state index contributed by atoms with van der Waals surface area (Å²) < 4.78 is 2.05. The molecular weight excluding hydrogens is 228 g/mol. The van der Waals surface area contributed by atoms with Crippen molar-refractivity contribution in [1.29, 1.82) is 0 Å². The zero-order valence-electron chi connectivity index (χ0n) is 11.1. The van der Waals surface area contributed by atoms with Crippen molar-refractivity contribution < 1.29 is 4.79 Å². The number of carbonyl (C=O) groups is 1. The summed E-state index contributed by atoms with van der Waals surface area (Å²) in [5.41, 5.74) is 5.63. The van der Waals surface area contributed by atoms with Crippen molar-refractivity contribution in [3.05, 3.63) is 18.7 Å². The van der Waals surface area contributed by atoms with Crippen molar-refractivity contribution in [3.63, 3.8) is 0 Å². The van der Waals surface area contributed by atoms with E-state index < -0.39 is 0 Å². The molecule has 0 fully saturated rings. The molecule has 1 atom stereocenters. The van der Waals surface area contributed by atoms with E-state index in [1.807, 2.05) is 24.0 Å². The first-order valence-electron chi connectivity index (χ1n) is 6.66. The maximum atomic E-state index is 11.4. The number of aryl methyl sites for hydroxylation is 1. The maximum Gasteiger partial charge on any atom is 0.219 e. The first-order valence-corrected chi connectivity index (χ1v) is 6.66. The van der Waals surface area contributed by atoms with Crippen LogP contribution in [0.25, 0.3) is 0 Å². The number of nitrogens with two attached hydrogens (primary N) is 1. The van der Waals surface area contributed by atoms with Crippen LogP contribution < -0.4 is 11.1 Å². The lowest BCUT2D eigenvalue weighted by atomic mass is 10.1. The molecule has 0 aliphatic heterocycles. The first-order chi connectivity index (χ1) is 8.68. The Hall–Kier alpha value is -1.36. The van der Waals surface area contributed by atoms with Crippen molar-refractivity contribution >= 4 is 5.91 Å². The van der Waals surface area contributed by atoms with Gasteiger partial charge >= 0.3 is 0 Å². The SMILES string of the molecule is CC(N)CCCC(=O)NCCCCn1ccnc1.